The number of aromatic nitrogens is 2. The number of rotatable bonds is 6. The number of hydrogen-bond donors (Lipinski definition) is 5. The first-order valence-corrected chi connectivity index (χ1v) is 10.6. The molecular weight excluding hydrogens is 445 g/mol. The Morgan fingerprint density at radius 3 is 2.35 bits per heavy atom. The molecule has 1 saturated heterocycles. The fourth-order valence-electron chi connectivity index (χ4n) is 3.12. The summed E-state index contributed by atoms with van der Waals surface area (Å²) in [5.74, 6) is -0.528. The summed E-state index contributed by atoms with van der Waals surface area (Å²) in [4.78, 5) is 0.504. The van der Waals surface area contributed by atoms with E-state index in [0.29, 0.717) is 10.5 Å². The summed E-state index contributed by atoms with van der Waals surface area (Å²) < 4.78 is 62.4. The van der Waals surface area contributed by atoms with Gasteiger partial charge < -0.3 is 29.9 Å². The van der Waals surface area contributed by atoms with Crippen molar-refractivity contribution in [3.8, 4) is 5.88 Å². The molecule has 2 heterocycles. The summed E-state index contributed by atoms with van der Waals surface area (Å²) in [6.07, 6.45) is -11.8. The van der Waals surface area contributed by atoms with Crippen LogP contribution in [0.25, 0.3) is 0 Å². The van der Waals surface area contributed by atoms with Crippen LogP contribution in [0.5, 0.6) is 5.88 Å². The van der Waals surface area contributed by atoms with Crippen LogP contribution < -0.4 is 4.74 Å². The van der Waals surface area contributed by atoms with E-state index in [-0.39, 0.29) is 12.0 Å². The Balaban J connectivity index is 1.90. The predicted octanol–water partition coefficient (Wildman–Crippen LogP) is -0.0646. The fraction of sp³-hybridized carbons (Fsp3) is 0.500. The van der Waals surface area contributed by atoms with Crippen LogP contribution in [-0.2, 0) is 28.1 Å². The van der Waals surface area contributed by atoms with Gasteiger partial charge in [0.2, 0.25) is 12.2 Å². The van der Waals surface area contributed by atoms with E-state index >= 15 is 0 Å². The molecule has 1 fully saturated rings. The van der Waals surface area contributed by atoms with Crippen molar-refractivity contribution in [1.82, 2.24) is 10.2 Å². The Kier molecular flexibility index (Phi) is 7.03. The first-order chi connectivity index (χ1) is 14.5. The van der Waals surface area contributed by atoms with Crippen molar-refractivity contribution >= 4 is 10.8 Å². The quantitative estimate of drug-likeness (QED) is 0.398. The van der Waals surface area contributed by atoms with Crippen LogP contribution in [-0.4, -0.2) is 78.4 Å². The van der Waals surface area contributed by atoms with Crippen molar-refractivity contribution in [3.63, 3.8) is 0 Å². The van der Waals surface area contributed by atoms with Crippen LogP contribution >= 0.6 is 0 Å². The summed E-state index contributed by atoms with van der Waals surface area (Å²) in [5, 5.41) is 44.4. The van der Waals surface area contributed by atoms with Crippen LogP contribution in [0.2, 0.25) is 0 Å². The van der Waals surface area contributed by atoms with Gasteiger partial charge in [0.05, 0.1) is 12.2 Å². The predicted molar refractivity (Wildman–Crippen MR) is 99.6 cm³/mol. The molecular formula is C18H21F3N2O7S. The zero-order valence-electron chi connectivity index (χ0n) is 16.1. The summed E-state index contributed by atoms with van der Waals surface area (Å²) in [5.41, 5.74) is -1.11. The number of benzene rings is 1. The molecule has 0 saturated carbocycles. The summed E-state index contributed by atoms with van der Waals surface area (Å²) in [6, 6.07) is 6.08. The standard InChI is InChI=1S/C18H21F3N2O7S/c1-31(28)9-4-2-8(3-5-9)6-10-15(18(19,20)21)22-23-16(10)30-17-14(27)13(26)12(25)11(7-24)29-17/h2-5,11-14,17,24-27H,6-7H2,1H3,(H,22,23)/t11-,12-,13+,14-,17+,31?/m1/s1. The Labute approximate surface area is 176 Å². The van der Waals surface area contributed by atoms with Crippen molar-refractivity contribution in [1.29, 1.82) is 0 Å². The topological polar surface area (TPSA) is 145 Å². The van der Waals surface area contributed by atoms with Crippen molar-refractivity contribution in [2.45, 2.75) is 48.2 Å². The third-order valence-electron chi connectivity index (χ3n) is 4.83. The molecule has 0 bridgehead atoms. The Morgan fingerprint density at radius 2 is 1.81 bits per heavy atom. The number of aliphatic hydroxyl groups excluding tert-OH is 4. The molecule has 1 aliphatic rings. The van der Waals surface area contributed by atoms with Gasteiger partial charge in [-0.3, -0.25) is 9.31 Å². The number of ether oxygens (including phenoxy) is 2. The number of nitrogens with one attached hydrogen (secondary N) is 1. The van der Waals surface area contributed by atoms with Crippen molar-refractivity contribution in [2.24, 2.45) is 0 Å². The van der Waals surface area contributed by atoms with Gasteiger partial charge in [-0.25, -0.2) is 0 Å². The highest BCUT2D eigenvalue weighted by Gasteiger charge is 2.46. The van der Waals surface area contributed by atoms with Crippen LogP contribution in [0.1, 0.15) is 16.8 Å². The number of halogens is 3. The lowest BCUT2D eigenvalue weighted by molar-refractivity contribution is -0.278. The van der Waals surface area contributed by atoms with Gasteiger partial charge in [-0.1, -0.05) is 12.1 Å². The first kappa shape index (κ1) is 23.6. The number of H-pyrrole nitrogens is 1. The van der Waals surface area contributed by atoms with E-state index in [2.05, 4.69) is 5.10 Å². The SMILES string of the molecule is CS(=O)c1ccc(Cc2c(O[C@@H]3O[C@H](CO)[C@@H](O)[C@H](O)[C@H]3O)n[nH]c2C(F)(F)F)cc1. The molecule has 3 rings (SSSR count). The van der Waals surface area contributed by atoms with Crippen molar-refractivity contribution < 1.29 is 47.3 Å². The average Bonchev–Trinajstić information content (AvgIpc) is 3.11. The molecule has 9 nitrogen and oxygen atoms in total. The van der Waals surface area contributed by atoms with Crippen LogP contribution in [0.15, 0.2) is 29.2 Å². The van der Waals surface area contributed by atoms with Gasteiger partial charge in [0.1, 0.15) is 30.1 Å². The molecule has 2 aromatic rings. The molecule has 1 unspecified atom stereocenters. The number of nitrogens with zero attached hydrogens (tertiary/aromatic N) is 1. The highest BCUT2D eigenvalue weighted by molar-refractivity contribution is 7.84. The van der Waals surface area contributed by atoms with Crippen LogP contribution in [0.4, 0.5) is 13.2 Å². The van der Waals surface area contributed by atoms with Gasteiger partial charge in [-0.05, 0) is 17.7 Å². The minimum Gasteiger partial charge on any atom is -0.443 e. The average molecular weight is 466 g/mol. The van der Waals surface area contributed by atoms with Crippen LogP contribution in [0.3, 0.4) is 0 Å². The highest BCUT2D eigenvalue weighted by atomic mass is 32.2. The van der Waals surface area contributed by atoms with E-state index in [0.717, 1.165) is 0 Å². The lowest BCUT2D eigenvalue weighted by Crippen LogP contribution is -2.60. The Bertz CT molecular complexity index is 920. The maximum atomic E-state index is 13.5. The molecule has 0 spiro atoms. The molecule has 0 aliphatic carbocycles. The van der Waals surface area contributed by atoms with E-state index in [9.17, 15) is 37.8 Å². The number of aromatic amines is 1. The lowest BCUT2D eigenvalue weighted by Gasteiger charge is -2.39. The fourth-order valence-corrected chi connectivity index (χ4v) is 3.64. The molecule has 1 aliphatic heterocycles. The summed E-state index contributed by atoms with van der Waals surface area (Å²) in [7, 11) is -1.25. The van der Waals surface area contributed by atoms with E-state index in [1.807, 2.05) is 5.10 Å². The molecule has 0 amide bonds. The zero-order valence-corrected chi connectivity index (χ0v) is 16.9. The third kappa shape index (κ3) is 5.07. The van der Waals surface area contributed by atoms with Gasteiger partial charge >= 0.3 is 6.18 Å². The van der Waals surface area contributed by atoms with Crippen LogP contribution in [0, 0.1) is 0 Å². The van der Waals surface area contributed by atoms with Gasteiger partial charge in [0.25, 0.3) is 0 Å². The molecule has 13 heteroatoms. The second kappa shape index (κ2) is 9.22. The lowest BCUT2D eigenvalue weighted by atomic mass is 9.99. The molecule has 1 aromatic heterocycles. The van der Waals surface area contributed by atoms with E-state index < -0.39 is 65.9 Å². The largest absolute Gasteiger partial charge is 0.443 e. The smallest absolute Gasteiger partial charge is 0.433 e. The molecule has 31 heavy (non-hydrogen) atoms. The normalized spacial score (nSPS) is 27.8. The second-order valence-corrected chi connectivity index (χ2v) is 8.35. The molecule has 6 atom stereocenters. The van der Waals surface area contributed by atoms with E-state index in [4.69, 9.17) is 9.47 Å². The number of alkyl halides is 3. The first-order valence-electron chi connectivity index (χ1n) is 9.07. The molecule has 0 radical (unpaired) electrons. The maximum absolute atomic E-state index is 13.5. The van der Waals surface area contributed by atoms with Gasteiger partial charge in [0, 0.05) is 28.4 Å². The maximum Gasteiger partial charge on any atom is 0.433 e. The minimum absolute atomic E-state index is 0.269. The van der Waals surface area contributed by atoms with E-state index in [1.165, 1.54) is 30.5 Å². The summed E-state index contributed by atoms with van der Waals surface area (Å²) >= 11 is 0. The third-order valence-corrected chi connectivity index (χ3v) is 5.76. The number of aliphatic hydroxyl groups is 4. The van der Waals surface area contributed by atoms with Gasteiger partial charge in [-0.2, -0.15) is 13.2 Å². The zero-order chi connectivity index (χ0) is 22.9. The van der Waals surface area contributed by atoms with Gasteiger partial charge in [-0.15, -0.1) is 5.10 Å². The molecule has 1 aromatic carbocycles. The minimum atomic E-state index is -4.79. The highest BCUT2D eigenvalue weighted by Crippen LogP contribution is 2.36. The van der Waals surface area contributed by atoms with E-state index in [1.54, 1.807) is 0 Å². The Hall–Kier alpha value is -2.03. The molecule has 5 N–H and O–H groups in total. The number of hydrogen-bond acceptors (Lipinski definition) is 8. The van der Waals surface area contributed by atoms with Crippen molar-refractivity contribution in [2.75, 3.05) is 12.9 Å². The Morgan fingerprint density at radius 1 is 1.16 bits per heavy atom. The molecule has 172 valence electrons. The monoisotopic (exact) mass is 466 g/mol. The summed E-state index contributed by atoms with van der Waals surface area (Å²) in [6.45, 7) is -0.725. The second-order valence-electron chi connectivity index (χ2n) is 6.97. The van der Waals surface area contributed by atoms with Gasteiger partial charge in [0.15, 0.2) is 0 Å². The van der Waals surface area contributed by atoms with Crippen molar-refractivity contribution in [3.05, 3.63) is 41.1 Å².